The molecular weight excluding hydrogens is 262 g/mol. The summed E-state index contributed by atoms with van der Waals surface area (Å²) in [5.41, 5.74) is 10.4. The third kappa shape index (κ3) is 2.90. The molecule has 0 bridgehead atoms. The lowest BCUT2D eigenvalue weighted by Crippen LogP contribution is -2.37. The zero-order valence-corrected chi connectivity index (χ0v) is 11.8. The van der Waals surface area contributed by atoms with Crippen molar-refractivity contribution in [2.75, 3.05) is 13.1 Å². The van der Waals surface area contributed by atoms with Crippen LogP contribution in [0.5, 0.6) is 0 Å². The van der Waals surface area contributed by atoms with E-state index in [-0.39, 0.29) is 6.04 Å². The SMILES string of the molecule is NC(=O)NCCNC1c2ccccc2Cc2ccccc21. The van der Waals surface area contributed by atoms with Crippen molar-refractivity contribution in [1.29, 1.82) is 0 Å². The molecular formula is C17H19N3O. The van der Waals surface area contributed by atoms with Crippen LogP contribution in [-0.4, -0.2) is 19.1 Å². The number of benzene rings is 2. The second kappa shape index (κ2) is 5.97. The van der Waals surface area contributed by atoms with E-state index in [1.54, 1.807) is 0 Å². The molecule has 4 N–H and O–H groups in total. The highest BCUT2D eigenvalue weighted by atomic mass is 16.2. The lowest BCUT2D eigenvalue weighted by molar-refractivity contribution is 0.249. The van der Waals surface area contributed by atoms with Crippen molar-refractivity contribution in [3.63, 3.8) is 0 Å². The average molecular weight is 281 g/mol. The number of fused-ring (bicyclic) bond motifs is 2. The molecule has 0 unspecified atom stereocenters. The Hall–Kier alpha value is -2.33. The van der Waals surface area contributed by atoms with Gasteiger partial charge < -0.3 is 16.4 Å². The maximum absolute atomic E-state index is 10.7. The van der Waals surface area contributed by atoms with Crippen molar-refractivity contribution in [1.82, 2.24) is 10.6 Å². The third-order valence-electron chi connectivity index (χ3n) is 3.89. The second-order valence-corrected chi connectivity index (χ2v) is 5.25. The van der Waals surface area contributed by atoms with Crippen LogP contribution >= 0.6 is 0 Å². The van der Waals surface area contributed by atoms with Gasteiger partial charge in [0.05, 0.1) is 6.04 Å². The number of carbonyl (C=O) groups is 1. The van der Waals surface area contributed by atoms with Crippen LogP contribution in [-0.2, 0) is 6.42 Å². The number of rotatable bonds is 4. The Balaban J connectivity index is 1.83. The first-order chi connectivity index (χ1) is 10.3. The van der Waals surface area contributed by atoms with E-state index in [4.69, 9.17) is 5.73 Å². The van der Waals surface area contributed by atoms with E-state index in [1.807, 2.05) is 0 Å². The summed E-state index contributed by atoms with van der Waals surface area (Å²) >= 11 is 0. The second-order valence-electron chi connectivity index (χ2n) is 5.25. The molecule has 4 heteroatoms. The summed E-state index contributed by atoms with van der Waals surface area (Å²) in [6.45, 7) is 1.20. The van der Waals surface area contributed by atoms with Gasteiger partial charge in [-0.15, -0.1) is 0 Å². The molecule has 0 radical (unpaired) electrons. The molecule has 0 heterocycles. The standard InChI is InChI=1S/C17H19N3O/c18-17(21)20-10-9-19-16-14-7-3-1-5-12(14)11-13-6-2-4-8-15(13)16/h1-8,16,19H,9-11H2,(H3,18,20,21). The molecule has 0 spiro atoms. The Morgan fingerprint density at radius 3 is 2.14 bits per heavy atom. The molecule has 0 aliphatic heterocycles. The summed E-state index contributed by atoms with van der Waals surface area (Å²) in [7, 11) is 0. The van der Waals surface area contributed by atoms with E-state index < -0.39 is 6.03 Å². The highest BCUT2D eigenvalue weighted by molar-refractivity contribution is 5.71. The van der Waals surface area contributed by atoms with E-state index in [0.717, 1.165) is 6.42 Å². The Morgan fingerprint density at radius 2 is 1.57 bits per heavy atom. The van der Waals surface area contributed by atoms with Gasteiger partial charge in [-0.3, -0.25) is 0 Å². The molecule has 0 aromatic heterocycles. The predicted molar refractivity (Wildman–Crippen MR) is 83.1 cm³/mol. The highest BCUT2D eigenvalue weighted by Gasteiger charge is 2.24. The van der Waals surface area contributed by atoms with Crippen molar-refractivity contribution in [3.8, 4) is 0 Å². The fourth-order valence-corrected chi connectivity index (χ4v) is 2.95. The van der Waals surface area contributed by atoms with Gasteiger partial charge in [0.25, 0.3) is 0 Å². The molecule has 2 aromatic rings. The Kier molecular flexibility index (Phi) is 3.88. The van der Waals surface area contributed by atoms with E-state index in [9.17, 15) is 4.79 Å². The van der Waals surface area contributed by atoms with Gasteiger partial charge in [0.2, 0.25) is 0 Å². The van der Waals surface area contributed by atoms with Crippen molar-refractivity contribution in [2.45, 2.75) is 12.5 Å². The number of carbonyl (C=O) groups excluding carboxylic acids is 1. The van der Waals surface area contributed by atoms with Crippen LogP contribution in [0.15, 0.2) is 48.5 Å². The van der Waals surface area contributed by atoms with Crippen molar-refractivity contribution >= 4 is 6.03 Å². The Bertz CT molecular complexity index is 608. The van der Waals surface area contributed by atoms with Gasteiger partial charge in [-0.2, -0.15) is 0 Å². The van der Waals surface area contributed by atoms with Crippen molar-refractivity contribution in [2.24, 2.45) is 5.73 Å². The first-order valence-electron chi connectivity index (χ1n) is 7.18. The third-order valence-corrected chi connectivity index (χ3v) is 3.89. The maximum Gasteiger partial charge on any atom is 0.312 e. The molecule has 1 aliphatic carbocycles. The van der Waals surface area contributed by atoms with Gasteiger partial charge in [0, 0.05) is 13.1 Å². The molecule has 2 aromatic carbocycles. The van der Waals surface area contributed by atoms with E-state index in [0.29, 0.717) is 13.1 Å². The summed E-state index contributed by atoms with van der Waals surface area (Å²) in [5, 5.41) is 6.13. The maximum atomic E-state index is 10.7. The van der Waals surface area contributed by atoms with E-state index in [2.05, 4.69) is 59.2 Å². The fraction of sp³-hybridized carbons (Fsp3) is 0.235. The molecule has 3 rings (SSSR count). The molecule has 21 heavy (non-hydrogen) atoms. The molecule has 1 aliphatic rings. The van der Waals surface area contributed by atoms with Crippen molar-refractivity contribution < 1.29 is 4.79 Å². The van der Waals surface area contributed by atoms with Gasteiger partial charge in [-0.25, -0.2) is 4.79 Å². The quantitative estimate of drug-likeness (QED) is 0.750. The molecule has 0 saturated heterocycles. The number of amides is 2. The van der Waals surface area contributed by atoms with Gasteiger partial charge in [-0.05, 0) is 28.7 Å². The Morgan fingerprint density at radius 1 is 1.00 bits per heavy atom. The summed E-state index contributed by atoms with van der Waals surface area (Å²) in [4.78, 5) is 10.7. The summed E-state index contributed by atoms with van der Waals surface area (Å²) in [6.07, 6.45) is 0.976. The average Bonchev–Trinajstić information content (AvgIpc) is 2.50. The summed E-state index contributed by atoms with van der Waals surface area (Å²) < 4.78 is 0. The van der Waals surface area contributed by atoms with Gasteiger partial charge in [0.15, 0.2) is 0 Å². The minimum absolute atomic E-state index is 0.167. The van der Waals surface area contributed by atoms with Crippen LogP contribution in [0.3, 0.4) is 0 Å². The highest BCUT2D eigenvalue weighted by Crippen LogP contribution is 2.34. The number of hydrogen-bond donors (Lipinski definition) is 3. The lowest BCUT2D eigenvalue weighted by atomic mass is 9.82. The normalized spacial score (nSPS) is 13.3. The van der Waals surface area contributed by atoms with Gasteiger partial charge in [0.1, 0.15) is 0 Å². The molecule has 2 amide bonds. The number of nitrogens with one attached hydrogen (secondary N) is 2. The lowest BCUT2D eigenvalue weighted by Gasteiger charge is -2.29. The Labute approximate surface area is 124 Å². The van der Waals surface area contributed by atoms with E-state index >= 15 is 0 Å². The van der Waals surface area contributed by atoms with Crippen LogP contribution in [0.1, 0.15) is 28.3 Å². The van der Waals surface area contributed by atoms with Crippen molar-refractivity contribution in [3.05, 3.63) is 70.8 Å². The molecule has 108 valence electrons. The smallest absolute Gasteiger partial charge is 0.312 e. The van der Waals surface area contributed by atoms with Gasteiger partial charge in [-0.1, -0.05) is 48.5 Å². The summed E-state index contributed by atoms with van der Waals surface area (Å²) in [5.74, 6) is 0. The molecule has 0 saturated carbocycles. The van der Waals surface area contributed by atoms with Crippen LogP contribution in [0.25, 0.3) is 0 Å². The van der Waals surface area contributed by atoms with E-state index in [1.165, 1.54) is 22.3 Å². The molecule has 0 atom stereocenters. The van der Waals surface area contributed by atoms with Crippen LogP contribution < -0.4 is 16.4 Å². The van der Waals surface area contributed by atoms with Crippen LogP contribution in [0.2, 0.25) is 0 Å². The largest absolute Gasteiger partial charge is 0.352 e. The number of nitrogens with two attached hydrogens (primary N) is 1. The van der Waals surface area contributed by atoms with Crippen LogP contribution in [0, 0.1) is 0 Å². The topological polar surface area (TPSA) is 67.2 Å². The molecule has 4 nitrogen and oxygen atoms in total. The summed E-state index contributed by atoms with van der Waals surface area (Å²) in [6, 6.07) is 16.7. The molecule has 0 fully saturated rings. The van der Waals surface area contributed by atoms with Crippen LogP contribution in [0.4, 0.5) is 4.79 Å². The monoisotopic (exact) mass is 281 g/mol. The number of urea groups is 1. The fourth-order valence-electron chi connectivity index (χ4n) is 2.95. The first-order valence-corrected chi connectivity index (χ1v) is 7.18. The number of hydrogen-bond acceptors (Lipinski definition) is 2. The zero-order valence-electron chi connectivity index (χ0n) is 11.8. The van der Waals surface area contributed by atoms with Gasteiger partial charge >= 0.3 is 6.03 Å². The minimum Gasteiger partial charge on any atom is -0.352 e. The minimum atomic E-state index is -0.485. The number of primary amides is 1. The predicted octanol–water partition coefficient (Wildman–Crippen LogP) is 1.94. The first kappa shape index (κ1) is 13.6. The zero-order chi connectivity index (χ0) is 14.7.